The molecule has 2 heterocycles. The third kappa shape index (κ3) is 2.31. The summed E-state index contributed by atoms with van der Waals surface area (Å²) in [6.07, 6.45) is 2.95. The Hall–Kier alpha value is -1.62. The van der Waals surface area contributed by atoms with E-state index in [2.05, 4.69) is 13.8 Å². The van der Waals surface area contributed by atoms with Gasteiger partial charge in [-0.15, -0.1) is 0 Å². The van der Waals surface area contributed by atoms with Gasteiger partial charge < -0.3 is 14.2 Å². The first-order chi connectivity index (χ1) is 11.8. The van der Waals surface area contributed by atoms with Crippen LogP contribution in [0.1, 0.15) is 47.5 Å². The van der Waals surface area contributed by atoms with Crippen LogP contribution in [0.4, 0.5) is 0 Å². The van der Waals surface area contributed by atoms with Crippen LogP contribution in [0.3, 0.4) is 0 Å². The van der Waals surface area contributed by atoms with E-state index in [9.17, 15) is 9.59 Å². The second-order valence-corrected chi connectivity index (χ2v) is 8.16. The van der Waals surface area contributed by atoms with Gasteiger partial charge in [-0.3, -0.25) is 4.79 Å². The second-order valence-electron chi connectivity index (χ2n) is 8.16. The van der Waals surface area contributed by atoms with E-state index in [0.29, 0.717) is 12.0 Å². The first-order valence-corrected chi connectivity index (χ1v) is 9.18. The van der Waals surface area contributed by atoms with Gasteiger partial charge in [0.15, 0.2) is 0 Å². The molecule has 4 aliphatic rings. The van der Waals surface area contributed by atoms with E-state index >= 15 is 0 Å². The average Bonchev–Trinajstić information content (AvgIpc) is 3.03. The van der Waals surface area contributed by atoms with Crippen molar-refractivity contribution in [2.24, 2.45) is 17.8 Å². The van der Waals surface area contributed by atoms with E-state index in [0.717, 1.165) is 6.42 Å². The zero-order chi connectivity index (χ0) is 18.1. The molecule has 0 aromatic carbocycles. The van der Waals surface area contributed by atoms with Gasteiger partial charge in [0.25, 0.3) is 0 Å². The number of ether oxygens (including phenoxy) is 3. The maximum atomic E-state index is 12.4. The molecule has 136 valence electrons. The smallest absolute Gasteiger partial charge is 0.333 e. The van der Waals surface area contributed by atoms with Crippen LogP contribution in [0.15, 0.2) is 22.8 Å². The van der Waals surface area contributed by atoms with Gasteiger partial charge in [0, 0.05) is 23.8 Å². The molecule has 1 saturated carbocycles. The maximum absolute atomic E-state index is 12.4. The second kappa shape index (κ2) is 5.44. The van der Waals surface area contributed by atoms with Gasteiger partial charge in [0.1, 0.15) is 17.8 Å². The SMILES string of the molecule is C/C=C(/C)C(=O)O[C@H]1CC(C)=C2C[C@H]3O[C@@]3(C)[C@@H]2[C@H]2OC(=O)[C@@H](C)[C@@H]21. The Morgan fingerprint density at radius 3 is 2.76 bits per heavy atom. The molecule has 5 nitrogen and oxygen atoms in total. The fourth-order valence-electron chi connectivity index (χ4n) is 5.05. The number of rotatable bonds is 2. The summed E-state index contributed by atoms with van der Waals surface area (Å²) in [5, 5.41) is 0. The number of fused-ring (bicyclic) bond motifs is 5. The lowest BCUT2D eigenvalue weighted by atomic mass is 9.78. The summed E-state index contributed by atoms with van der Waals surface area (Å²) in [6, 6.07) is 0. The molecule has 0 radical (unpaired) electrons. The summed E-state index contributed by atoms with van der Waals surface area (Å²) in [5.41, 5.74) is 2.96. The van der Waals surface area contributed by atoms with Gasteiger partial charge >= 0.3 is 11.9 Å². The maximum Gasteiger partial charge on any atom is 0.333 e. The predicted octanol–water partition coefficient (Wildman–Crippen LogP) is 2.94. The van der Waals surface area contributed by atoms with Gasteiger partial charge in [-0.1, -0.05) is 24.1 Å². The Bertz CT molecular complexity index is 705. The molecule has 0 aromatic heterocycles. The number of carbonyl (C=O) groups excluding carboxylic acids is 2. The molecular weight excluding hydrogens is 320 g/mol. The van der Waals surface area contributed by atoms with Crippen molar-refractivity contribution in [1.29, 1.82) is 0 Å². The van der Waals surface area contributed by atoms with Crippen LogP contribution in [0, 0.1) is 17.8 Å². The zero-order valence-corrected chi connectivity index (χ0v) is 15.5. The molecule has 0 bridgehead atoms. The third-order valence-electron chi connectivity index (χ3n) is 6.78. The molecule has 0 amide bonds. The molecule has 25 heavy (non-hydrogen) atoms. The van der Waals surface area contributed by atoms with E-state index < -0.39 is 0 Å². The number of hydrogen-bond donors (Lipinski definition) is 0. The molecule has 2 aliphatic heterocycles. The van der Waals surface area contributed by atoms with Crippen LogP contribution < -0.4 is 0 Å². The summed E-state index contributed by atoms with van der Waals surface area (Å²) in [4.78, 5) is 24.7. The highest BCUT2D eigenvalue weighted by molar-refractivity contribution is 5.87. The normalized spacial score (nSPS) is 45.3. The lowest BCUT2D eigenvalue weighted by Gasteiger charge is -2.31. The van der Waals surface area contributed by atoms with E-state index in [1.165, 1.54) is 11.1 Å². The van der Waals surface area contributed by atoms with Crippen LogP contribution in [0.2, 0.25) is 0 Å². The number of esters is 2. The highest BCUT2D eigenvalue weighted by Gasteiger charge is 2.70. The van der Waals surface area contributed by atoms with Crippen molar-refractivity contribution < 1.29 is 23.8 Å². The molecule has 2 saturated heterocycles. The summed E-state index contributed by atoms with van der Waals surface area (Å²) in [5.74, 6) is -0.816. The van der Waals surface area contributed by atoms with Crippen LogP contribution in [0.25, 0.3) is 0 Å². The van der Waals surface area contributed by atoms with Crippen molar-refractivity contribution in [2.75, 3.05) is 0 Å². The summed E-state index contributed by atoms with van der Waals surface area (Å²) in [6.45, 7) is 9.69. The van der Waals surface area contributed by atoms with Crippen molar-refractivity contribution in [3.05, 3.63) is 22.8 Å². The van der Waals surface area contributed by atoms with E-state index in [1.54, 1.807) is 13.0 Å². The fourth-order valence-corrected chi connectivity index (χ4v) is 5.05. The fraction of sp³-hybridized carbons (Fsp3) is 0.700. The largest absolute Gasteiger partial charge is 0.461 e. The molecular formula is C20H26O5. The van der Waals surface area contributed by atoms with Crippen molar-refractivity contribution in [2.45, 2.75) is 71.4 Å². The van der Waals surface area contributed by atoms with Crippen molar-refractivity contribution in [1.82, 2.24) is 0 Å². The molecule has 2 aliphatic carbocycles. The zero-order valence-electron chi connectivity index (χ0n) is 15.5. The molecule has 5 heteroatoms. The van der Waals surface area contributed by atoms with Gasteiger partial charge in [-0.25, -0.2) is 4.79 Å². The first-order valence-electron chi connectivity index (χ1n) is 9.18. The monoisotopic (exact) mass is 346 g/mol. The highest BCUT2D eigenvalue weighted by Crippen LogP contribution is 2.62. The number of allylic oxidation sites excluding steroid dienone is 1. The molecule has 0 spiro atoms. The van der Waals surface area contributed by atoms with Crippen LogP contribution in [-0.2, 0) is 23.8 Å². The van der Waals surface area contributed by atoms with Crippen molar-refractivity contribution in [3.8, 4) is 0 Å². The van der Waals surface area contributed by atoms with Gasteiger partial charge in [0.2, 0.25) is 0 Å². The predicted molar refractivity (Wildman–Crippen MR) is 90.5 cm³/mol. The summed E-state index contributed by atoms with van der Waals surface area (Å²) >= 11 is 0. The number of epoxide rings is 1. The van der Waals surface area contributed by atoms with Gasteiger partial charge in [-0.05, 0) is 34.1 Å². The van der Waals surface area contributed by atoms with Gasteiger partial charge in [-0.2, -0.15) is 0 Å². The van der Waals surface area contributed by atoms with Crippen molar-refractivity contribution >= 4 is 11.9 Å². The van der Waals surface area contributed by atoms with E-state index in [1.807, 2.05) is 13.8 Å². The van der Waals surface area contributed by atoms with Crippen LogP contribution >= 0.6 is 0 Å². The van der Waals surface area contributed by atoms with E-state index in [4.69, 9.17) is 14.2 Å². The standard InChI is InChI=1S/C20H26O5/c1-6-9(2)18(21)23-13-7-10(3)12-8-14-20(5,25-14)16(12)17-15(13)11(4)19(22)24-17/h6,11,13-17H,7-8H2,1-5H3/b9-6-/t11-,13-,14+,15+,16-,17-,20+/m0/s1. The lowest BCUT2D eigenvalue weighted by Crippen LogP contribution is -2.41. The highest BCUT2D eigenvalue weighted by atomic mass is 16.6. The average molecular weight is 346 g/mol. The lowest BCUT2D eigenvalue weighted by molar-refractivity contribution is -0.149. The Kier molecular flexibility index (Phi) is 3.66. The Morgan fingerprint density at radius 2 is 2.08 bits per heavy atom. The Labute approximate surface area is 148 Å². The van der Waals surface area contributed by atoms with Crippen LogP contribution in [-0.4, -0.2) is 35.9 Å². The molecule has 0 N–H and O–H groups in total. The Balaban J connectivity index is 1.71. The molecule has 7 atom stereocenters. The minimum atomic E-state index is -0.340. The minimum Gasteiger partial charge on any atom is -0.461 e. The summed E-state index contributed by atoms with van der Waals surface area (Å²) in [7, 11) is 0. The van der Waals surface area contributed by atoms with Gasteiger partial charge in [0.05, 0.1) is 12.0 Å². The summed E-state index contributed by atoms with van der Waals surface area (Å²) < 4.78 is 17.6. The van der Waals surface area contributed by atoms with Crippen LogP contribution in [0.5, 0.6) is 0 Å². The molecule has 3 fully saturated rings. The van der Waals surface area contributed by atoms with E-state index in [-0.39, 0.29) is 53.6 Å². The molecule has 0 unspecified atom stereocenters. The first kappa shape index (κ1) is 16.8. The molecule has 4 rings (SSSR count). The Morgan fingerprint density at radius 1 is 1.36 bits per heavy atom. The third-order valence-corrected chi connectivity index (χ3v) is 6.78. The quantitative estimate of drug-likeness (QED) is 0.333. The number of carbonyl (C=O) groups is 2. The van der Waals surface area contributed by atoms with Crippen molar-refractivity contribution in [3.63, 3.8) is 0 Å². The molecule has 0 aromatic rings. The number of hydrogen-bond acceptors (Lipinski definition) is 5. The minimum absolute atomic E-state index is 0.0860. The topological polar surface area (TPSA) is 65.1 Å².